The summed E-state index contributed by atoms with van der Waals surface area (Å²) in [6.07, 6.45) is 1.54. The third-order valence-electron chi connectivity index (χ3n) is 1.61. The molecule has 0 aliphatic rings. The number of rotatable bonds is 5. The van der Waals surface area contributed by atoms with Gasteiger partial charge in [-0.3, -0.25) is 0 Å². The first-order valence-electron chi connectivity index (χ1n) is 4.31. The van der Waals surface area contributed by atoms with Gasteiger partial charge in [0.2, 0.25) is 0 Å². The van der Waals surface area contributed by atoms with Crippen molar-refractivity contribution in [2.45, 2.75) is 26.3 Å². The van der Waals surface area contributed by atoms with Gasteiger partial charge in [0.15, 0.2) is 0 Å². The van der Waals surface area contributed by atoms with E-state index in [1.807, 2.05) is 6.92 Å². The fourth-order valence-corrected chi connectivity index (χ4v) is 1.61. The van der Waals surface area contributed by atoms with E-state index >= 15 is 0 Å². The van der Waals surface area contributed by atoms with Gasteiger partial charge in [-0.1, -0.05) is 0 Å². The van der Waals surface area contributed by atoms with Crippen molar-refractivity contribution in [1.82, 2.24) is 10.3 Å². The minimum atomic E-state index is 0.628. The van der Waals surface area contributed by atoms with Gasteiger partial charge >= 0.3 is 0 Å². The monoisotopic (exact) mass is 195 g/mol. The lowest BCUT2D eigenvalue weighted by Gasteiger charge is -1.98. The van der Waals surface area contributed by atoms with Crippen LogP contribution >= 0.6 is 11.3 Å². The van der Waals surface area contributed by atoms with Crippen molar-refractivity contribution in [3.63, 3.8) is 0 Å². The molecule has 0 saturated carbocycles. The average Bonchev–Trinajstić information content (AvgIpc) is 2.51. The zero-order chi connectivity index (χ0) is 9.52. The summed E-state index contributed by atoms with van der Waals surface area (Å²) in [5.41, 5.74) is 1.10. The number of aryl methyl sites for hydroxylation is 1. The normalized spacial score (nSPS) is 9.85. The van der Waals surface area contributed by atoms with E-state index in [0.717, 1.165) is 30.2 Å². The maximum atomic E-state index is 8.30. The molecule has 0 fully saturated rings. The number of unbranched alkanes of at least 4 members (excludes halogenated alkanes) is 1. The summed E-state index contributed by atoms with van der Waals surface area (Å²) in [6.45, 7) is 3.71. The molecule has 0 saturated heterocycles. The van der Waals surface area contributed by atoms with Crippen LogP contribution in [0.3, 0.4) is 0 Å². The lowest BCUT2D eigenvalue weighted by molar-refractivity contribution is 0.649. The first kappa shape index (κ1) is 10.2. The number of hydrogen-bond donors (Lipinski definition) is 1. The van der Waals surface area contributed by atoms with E-state index in [9.17, 15) is 0 Å². The third kappa shape index (κ3) is 4.02. The van der Waals surface area contributed by atoms with Gasteiger partial charge in [0, 0.05) is 18.3 Å². The number of nitrogens with one attached hydrogen (secondary N) is 1. The molecule has 0 aromatic carbocycles. The molecule has 0 bridgehead atoms. The highest BCUT2D eigenvalue weighted by molar-refractivity contribution is 7.09. The van der Waals surface area contributed by atoms with Gasteiger partial charge in [-0.2, -0.15) is 5.26 Å². The highest BCUT2D eigenvalue weighted by Gasteiger charge is 1.96. The van der Waals surface area contributed by atoms with Crippen molar-refractivity contribution < 1.29 is 0 Å². The fraction of sp³-hybridized carbons (Fsp3) is 0.556. The summed E-state index contributed by atoms with van der Waals surface area (Å²) in [5.74, 6) is 0. The lowest BCUT2D eigenvalue weighted by atomic mass is 10.3. The van der Waals surface area contributed by atoms with Gasteiger partial charge in [0.05, 0.1) is 16.8 Å². The van der Waals surface area contributed by atoms with Crippen LogP contribution in [-0.4, -0.2) is 11.5 Å². The van der Waals surface area contributed by atoms with Crippen molar-refractivity contribution in [1.29, 1.82) is 5.26 Å². The summed E-state index contributed by atoms with van der Waals surface area (Å²) in [6, 6.07) is 2.12. The van der Waals surface area contributed by atoms with E-state index < -0.39 is 0 Å². The van der Waals surface area contributed by atoms with Crippen molar-refractivity contribution in [2.24, 2.45) is 0 Å². The maximum Gasteiger partial charge on any atom is 0.0897 e. The molecule has 0 atom stereocenters. The molecule has 1 rings (SSSR count). The van der Waals surface area contributed by atoms with E-state index in [-0.39, 0.29) is 0 Å². The Hall–Kier alpha value is -0.920. The van der Waals surface area contributed by atoms with Crippen LogP contribution in [0.1, 0.15) is 23.5 Å². The summed E-state index contributed by atoms with van der Waals surface area (Å²) in [7, 11) is 0. The van der Waals surface area contributed by atoms with Gasteiger partial charge in [0.1, 0.15) is 0 Å². The van der Waals surface area contributed by atoms with Crippen molar-refractivity contribution in [2.75, 3.05) is 6.54 Å². The minimum absolute atomic E-state index is 0.628. The van der Waals surface area contributed by atoms with Crippen LogP contribution in [0.5, 0.6) is 0 Å². The third-order valence-corrected chi connectivity index (χ3v) is 2.44. The summed E-state index contributed by atoms with van der Waals surface area (Å²) < 4.78 is 0. The molecule has 0 unspecified atom stereocenters. The van der Waals surface area contributed by atoms with Gasteiger partial charge in [0.25, 0.3) is 0 Å². The highest BCUT2D eigenvalue weighted by Crippen LogP contribution is 2.06. The van der Waals surface area contributed by atoms with Gasteiger partial charge < -0.3 is 5.32 Å². The molecule has 4 heteroatoms. The molecular formula is C9H13N3S. The van der Waals surface area contributed by atoms with E-state index in [2.05, 4.69) is 21.8 Å². The Labute approximate surface area is 82.4 Å². The second-order valence-corrected chi connectivity index (χ2v) is 3.86. The Kier molecular flexibility index (Phi) is 4.44. The smallest absolute Gasteiger partial charge is 0.0897 e. The Morgan fingerprint density at radius 3 is 3.15 bits per heavy atom. The molecule has 1 aromatic heterocycles. The van der Waals surface area contributed by atoms with Crippen LogP contribution in [0.15, 0.2) is 5.38 Å². The largest absolute Gasteiger partial charge is 0.311 e. The van der Waals surface area contributed by atoms with Crippen LogP contribution in [0.2, 0.25) is 0 Å². The van der Waals surface area contributed by atoms with E-state index in [1.54, 1.807) is 11.3 Å². The summed E-state index contributed by atoms with van der Waals surface area (Å²) in [4.78, 5) is 4.32. The molecule has 1 aromatic rings. The predicted molar refractivity (Wildman–Crippen MR) is 53.4 cm³/mol. The van der Waals surface area contributed by atoms with E-state index in [1.165, 1.54) is 0 Å². The summed E-state index contributed by atoms with van der Waals surface area (Å²) >= 11 is 1.67. The lowest BCUT2D eigenvalue weighted by Crippen LogP contribution is -2.14. The van der Waals surface area contributed by atoms with Crippen molar-refractivity contribution >= 4 is 11.3 Å². The predicted octanol–water partition coefficient (Wildman–Crippen LogP) is 1.84. The first-order valence-corrected chi connectivity index (χ1v) is 5.19. The SMILES string of the molecule is Cc1nc(CNCCCC#N)cs1. The minimum Gasteiger partial charge on any atom is -0.311 e. The van der Waals surface area contributed by atoms with Crippen LogP contribution in [-0.2, 0) is 6.54 Å². The topological polar surface area (TPSA) is 48.7 Å². The van der Waals surface area contributed by atoms with E-state index in [0.29, 0.717) is 6.42 Å². The molecule has 13 heavy (non-hydrogen) atoms. The Balaban J connectivity index is 2.10. The van der Waals surface area contributed by atoms with Crippen molar-refractivity contribution in [3.05, 3.63) is 16.1 Å². The van der Waals surface area contributed by atoms with Gasteiger partial charge in [-0.25, -0.2) is 4.98 Å². The zero-order valence-corrected chi connectivity index (χ0v) is 8.52. The fourth-order valence-electron chi connectivity index (χ4n) is 0.998. The standard InChI is InChI=1S/C9H13N3S/c1-8-12-9(7-13-8)6-11-5-3-2-4-10/h7,11H,2-3,5-6H2,1H3. The summed E-state index contributed by atoms with van der Waals surface area (Å²) in [5, 5.41) is 14.7. The van der Waals surface area contributed by atoms with Crippen molar-refractivity contribution in [3.8, 4) is 6.07 Å². The van der Waals surface area contributed by atoms with Crippen LogP contribution in [0.25, 0.3) is 0 Å². The van der Waals surface area contributed by atoms with Crippen LogP contribution in [0, 0.1) is 18.3 Å². The first-order chi connectivity index (χ1) is 6.33. The number of nitrogens with zero attached hydrogens (tertiary/aromatic N) is 2. The number of hydrogen-bond acceptors (Lipinski definition) is 4. The number of aromatic nitrogens is 1. The molecule has 1 N–H and O–H groups in total. The molecule has 1 heterocycles. The quantitative estimate of drug-likeness (QED) is 0.729. The highest BCUT2D eigenvalue weighted by atomic mass is 32.1. The second-order valence-electron chi connectivity index (χ2n) is 2.80. The molecule has 0 aliphatic heterocycles. The second kappa shape index (κ2) is 5.68. The molecule has 0 amide bonds. The zero-order valence-electron chi connectivity index (χ0n) is 7.71. The molecule has 0 aliphatic carbocycles. The Morgan fingerprint density at radius 1 is 1.69 bits per heavy atom. The maximum absolute atomic E-state index is 8.30. The van der Waals surface area contributed by atoms with Crippen LogP contribution in [0.4, 0.5) is 0 Å². The molecule has 70 valence electrons. The van der Waals surface area contributed by atoms with Gasteiger partial charge in [-0.05, 0) is 19.9 Å². The van der Waals surface area contributed by atoms with Gasteiger partial charge in [-0.15, -0.1) is 11.3 Å². The molecular weight excluding hydrogens is 182 g/mol. The van der Waals surface area contributed by atoms with E-state index in [4.69, 9.17) is 5.26 Å². The Morgan fingerprint density at radius 2 is 2.54 bits per heavy atom. The molecule has 3 nitrogen and oxygen atoms in total. The van der Waals surface area contributed by atoms with Crippen LogP contribution < -0.4 is 5.32 Å². The Bertz CT molecular complexity index is 287. The molecule has 0 spiro atoms. The number of nitriles is 1. The number of thiazole rings is 1. The molecule has 0 radical (unpaired) electrons. The average molecular weight is 195 g/mol.